The first-order chi connectivity index (χ1) is 8.15. The Morgan fingerprint density at radius 2 is 2.41 bits per heavy atom. The lowest BCUT2D eigenvalue weighted by molar-refractivity contribution is 0.0697. The van der Waals surface area contributed by atoms with Crippen molar-refractivity contribution >= 4 is 23.4 Å². The highest BCUT2D eigenvalue weighted by molar-refractivity contribution is 6.35. The second-order valence-corrected chi connectivity index (χ2v) is 4.35. The molecule has 0 atom stereocenters. The van der Waals surface area contributed by atoms with Gasteiger partial charge in [0, 0.05) is 18.8 Å². The molecule has 1 saturated carbocycles. The average molecular weight is 253 g/mol. The van der Waals surface area contributed by atoms with Crippen LogP contribution in [0.25, 0.3) is 0 Å². The molecule has 1 N–H and O–H groups in total. The zero-order valence-corrected chi connectivity index (χ0v) is 10.0. The number of halogens is 1. The third-order valence-corrected chi connectivity index (χ3v) is 3.06. The molecule has 0 spiro atoms. The van der Waals surface area contributed by atoms with E-state index in [9.17, 15) is 4.79 Å². The van der Waals surface area contributed by atoms with Crippen LogP contribution in [0.2, 0.25) is 5.02 Å². The van der Waals surface area contributed by atoms with Crippen molar-refractivity contribution in [2.24, 2.45) is 0 Å². The standard InChI is InChI=1S/C12H13ClN2O2/c1-2-7-15(8-3-4-8)11-10(13)9(12(16)17)5-6-14-11/h2,5-6,8H,1,3-4,7H2,(H,16,17). The van der Waals surface area contributed by atoms with Crippen LogP contribution in [0.15, 0.2) is 24.9 Å². The molecule has 0 bridgehead atoms. The molecule has 0 aliphatic heterocycles. The van der Waals surface area contributed by atoms with Crippen LogP contribution >= 0.6 is 11.6 Å². The summed E-state index contributed by atoms with van der Waals surface area (Å²) in [5, 5.41) is 9.21. The maximum atomic E-state index is 11.0. The highest BCUT2D eigenvalue weighted by Crippen LogP contribution is 2.35. The molecule has 0 radical (unpaired) electrons. The number of anilines is 1. The Hall–Kier alpha value is -1.55. The molecule has 0 unspecified atom stereocenters. The fraction of sp³-hybridized carbons (Fsp3) is 0.333. The van der Waals surface area contributed by atoms with Gasteiger partial charge in [-0.2, -0.15) is 0 Å². The third-order valence-electron chi connectivity index (χ3n) is 2.69. The number of carbonyl (C=O) groups is 1. The normalized spacial score (nSPS) is 14.4. The predicted octanol–water partition coefficient (Wildman–Crippen LogP) is 2.59. The quantitative estimate of drug-likeness (QED) is 0.819. The van der Waals surface area contributed by atoms with Gasteiger partial charge < -0.3 is 10.0 Å². The Balaban J connectivity index is 2.39. The van der Waals surface area contributed by atoms with Crippen molar-refractivity contribution in [3.8, 4) is 0 Å². The van der Waals surface area contributed by atoms with Crippen LogP contribution in [0.4, 0.5) is 5.82 Å². The van der Waals surface area contributed by atoms with Crippen LogP contribution < -0.4 is 4.90 Å². The summed E-state index contributed by atoms with van der Waals surface area (Å²) < 4.78 is 0. The minimum absolute atomic E-state index is 0.0892. The molecule has 17 heavy (non-hydrogen) atoms. The van der Waals surface area contributed by atoms with Gasteiger partial charge in [-0.1, -0.05) is 17.7 Å². The van der Waals surface area contributed by atoms with E-state index >= 15 is 0 Å². The molecule has 1 aromatic rings. The summed E-state index contributed by atoms with van der Waals surface area (Å²) in [6, 6.07) is 1.81. The van der Waals surface area contributed by atoms with Gasteiger partial charge in [0.15, 0.2) is 0 Å². The minimum Gasteiger partial charge on any atom is -0.478 e. The first-order valence-electron chi connectivity index (χ1n) is 5.40. The molecule has 1 aliphatic carbocycles. The smallest absolute Gasteiger partial charge is 0.337 e. The van der Waals surface area contributed by atoms with Gasteiger partial charge in [0.2, 0.25) is 0 Å². The second-order valence-electron chi connectivity index (χ2n) is 3.97. The number of carboxylic acid groups (broad SMARTS) is 1. The number of rotatable bonds is 5. The van der Waals surface area contributed by atoms with Gasteiger partial charge in [0.05, 0.1) is 10.6 Å². The lowest BCUT2D eigenvalue weighted by Gasteiger charge is -2.23. The van der Waals surface area contributed by atoms with E-state index < -0.39 is 5.97 Å². The molecule has 4 nitrogen and oxygen atoms in total. The highest BCUT2D eigenvalue weighted by atomic mass is 35.5. The van der Waals surface area contributed by atoms with E-state index in [1.807, 2.05) is 4.90 Å². The largest absolute Gasteiger partial charge is 0.478 e. The highest BCUT2D eigenvalue weighted by Gasteiger charge is 2.31. The molecule has 1 fully saturated rings. The van der Waals surface area contributed by atoms with Crippen molar-refractivity contribution in [2.75, 3.05) is 11.4 Å². The summed E-state index contributed by atoms with van der Waals surface area (Å²) in [7, 11) is 0. The molecule has 0 aromatic carbocycles. The van der Waals surface area contributed by atoms with Crippen molar-refractivity contribution in [1.29, 1.82) is 0 Å². The van der Waals surface area contributed by atoms with Crippen molar-refractivity contribution < 1.29 is 9.90 Å². The van der Waals surface area contributed by atoms with Crippen LogP contribution in [0, 0.1) is 0 Å². The van der Waals surface area contributed by atoms with Gasteiger partial charge in [-0.15, -0.1) is 6.58 Å². The van der Waals surface area contributed by atoms with Gasteiger partial charge in [0.1, 0.15) is 5.82 Å². The predicted molar refractivity (Wildman–Crippen MR) is 66.8 cm³/mol. The summed E-state index contributed by atoms with van der Waals surface area (Å²) in [5.74, 6) is -0.498. The summed E-state index contributed by atoms with van der Waals surface area (Å²) in [6.45, 7) is 4.32. The Morgan fingerprint density at radius 3 is 2.94 bits per heavy atom. The minimum atomic E-state index is -1.03. The Morgan fingerprint density at radius 1 is 1.71 bits per heavy atom. The van der Waals surface area contributed by atoms with Gasteiger partial charge in [-0.3, -0.25) is 0 Å². The van der Waals surface area contributed by atoms with E-state index in [0.717, 1.165) is 12.8 Å². The van der Waals surface area contributed by atoms with E-state index in [4.69, 9.17) is 16.7 Å². The number of pyridine rings is 1. The lowest BCUT2D eigenvalue weighted by Crippen LogP contribution is -2.27. The average Bonchev–Trinajstić information content (AvgIpc) is 3.10. The summed E-state index contributed by atoms with van der Waals surface area (Å²) >= 11 is 6.09. The first kappa shape index (κ1) is 11.9. The summed E-state index contributed by atoms with van der Waals surface area (Å²) in [5.41, 5.74) is 0.0892. The van der Waals surface area contributed by atoms with Crippen molar-refractivity contribution in [3.05, 3.63) is 35.5 Å². The van der Waals surface area contributed by atoms with E-state index in [2.05, 4.69) is 11.6 Å². The Bertz CT molecular complexity index is 458. The van der Waals surface area contributed by atoms with Crippen LogP contribution in [-0.2, 0) is 0 Å². The van der Waals surface area contributed by atoms with Crippen LogP contribution in [0.5, 0.6) is 0 Å². The molecule has 0 amide bonds. The zero-order valence-electron chi connectivity index (χ0n) is 9.27. The van der Waals surface area contributed by atoms with Crippen molar-refractivity contribution in [1.82, 2.24) is 4.98 Å². The molecular weight excluding hydrogens is 240 g/mol. The number of hydrogen-bond acceptors (Lipinski definition) is 3. The van der Waals surface area contributed by atoms with Gasteiger partial charge >= 0.3 is 5.97 Å². The molecule has 5 heteroatoms. The number of aromatic carboxylic acids is 1. The van der Waals surface area contributed by atoms with Crippen molar-refractivity contribution in [3.63, 3.8) is 0 Å². The molecule has 0 saturated heterocycles. The zero-order chi connectivity index (χ0) is 12.4. The topological polar surface area (TPSA) is 53.4 Å². The fourth-order valence-electron chi connectivity index (χ4n) is 1.73. The maximum Gasteiger partial charge on any atom is 0.337 e. The molecule has 90 valence electrons. The van der Waals surface area contributed by atoms with E-state index in [-0.39, 0.29) is 10.6 Å². The molecule has 1 heterocycles. The number of aromatic nitrogens is 1. The van der Waals surface area contributed by atoms with E-state index in [1.54, 1.807) is 6.08 Å². The van der Waals surface area contributed by atoms with Crippen LogP contribution in [0.1, 0.15) is 23.2 Å². The molecule has 1 aromatic heterocycles. The fourth-order valence-corrected chi connectivity index (χ4v) is 2.03. The van der Waals surface area contributed by atoms with Gasteiger partial charge in [-0.25, -0.2) is 9.78 Å². The van der Waals surface area contributed by atoms with Crippen molar-refractivity contribution in [2.45, 2.75) is 18.9 Å². The van der Waals surface area contributed by atoms with Crippen LogP contribution in [0.3, 0.4) is 0 Å². The summed E-state index contributed by atoms with van der Waals surface area (Å²) in [4.78, 5) is 17.2. The molecular formula is C12H13ClN2O2. The summed E-state index contributed by atoms with van der Waals surface area (Å²) in [6.07, 6.45) is 5.42. The second kappa shape index (κ2) is 4.75. The number of carboxylic acids is 1. The maximum absolute atomic E-state index is 11.0. The van der Waals surface area contributed by atoms with E-state index in [1.165, 1.54) is 12.3 Å². The number of nitrogens with zero attached hydrogens (tertiary/aromatic N) is 2. The SMILES string of the molecule is C=CCN(c1nccc(C(=O)O)c1Cl)C1CC1. The molecule has 2 rings (SSSR count). The number of hydrogen-bond donors (Lipinski definition) is 1. The van der Waals surface area contributed by atoms with Crippen LogP contribution in [-0.4, -0.2) is 28.6 Å². The van der Waals surface area contributed by atoms with E-state index in [0.29, 0.717) is 18.4 Å². The van der Waals surface area contributed by atoms with Gasteiger partial charge in [0.25, 0.3) is 0 Å². The van der Waals surface area contributed by atoms with Gasteiger partial charge in [-0.05, 0) is 18.9 Å². The molecule has 1 aliphatic rings. The third kappa shape index (κ3) is 2.42. The Labute approximate surface area is 105 Å². The lowest BCUT2D eigenvalue weighted by atomic mass is 10.2. The Kier molecular flexibility index (Phi) is 3.33. The monoisotopic (exact) mass is 252 g/mol. The first-order valence-corrected chi connectivity index (χ1v) is 5.78.